The lowest BCUT2D eigenvalue weighted by molar-refractivity contribution is -0.119. The maximum atomic E-state index is 10.4. The zero-order valence-electron chi connectivity index (χ0n) is 7.54. The first-order chi connectivity index (χ1) is 5.86. The highest BCUT2D eigenvalue weighted by atomic mass is 16.1. The molecule has 0 atom stereocenters. The van der Waals surface area contributed by atoms with Crippen LogP contribution in [0.4, 0.5) is 0 Å². The molecule has 0 saturated carbocycles. The summed E-state index contributed by atoms with van der Waals surface area (Å²) in [6.07, 6.45) is 5.66. The van der Waals surface area contributed by atoms with E-state index in [1.54, 1.807) is 0 Å². The number of carbonyl (C=O) groups is 1. The number of amides is 1. The molecule has 0 aromatic rings. The van der Waals surface area contributed by atoms with E-state index in [4.69, 9.17) is 5.73 Å². The number of hydrogen-bond donors (Lipinski definition) is 1. The van der Waals surface area contributed by atoms with Crippen LogP contribution in [0.5, 0.6) is 0 Å². The third kappa shape index (κ3) is 2.81. The summed E-state index contributed by atoms with van der Waals surface area (Å²) >= 11 is 0. The minimum absolute atomic E-state index is 0.799. The summed E-state index contributed by atoms with van der Waals surface area (Å²) in [6.45, 7) is 2.69. The van der Waals surface area contributed by atoms with Gasteiger partial charge in [-0.25, -0.2) is 0 Å². The third-order valence-corrected chi connectivity index (χ3v) is 2.61. The van der Waals surface area contributed by atoms with Gasteiger partial charge >= 0.3 is 0 Å². The second-order valence-corrected chi connectivity index (χ2v) is 3.52. The van der Waals surface area contributed by atoms with Gasteiger partial charge in [-0.05, 0) is 38.1 Å². The van der Waals surface area contributed by atoms with Crippen LogP contribution in [-0.2, 0) is 4.79 Å². The SMILES string of the molecule is NCCCC1CCN(C=O)CC1. The quantitative estimate of drug-likeness (QED) is 0.628. The molecule has 0 spiro atoms. The first kappa shape index (κ1) is 9.52. The normalized spacial score (nSPS) is 19.6. The summed E-state index contributed by atoms with van der Waals surface area (Å²) in [4.78, 5) is 12.2. The van der Waals surface area contributed by atoms with E-state index in [1.807, 2.05) is 4.90 Å². The molecule has 12 heavy (non-hydrogen) atoms. The minimum Gasteiger partial charge on any atom is -0.345 e. The second-order valence-electron chi connectivity index (χ2n) is 3.52. The topological polar surface area (TPSA) is 46.3 Å². The van der Waals surface area contributed by atoms with Crippen molar-refractivity contribution in [1.29, 1.82) is 0 Å². The highest BCUT2D eigenvalue weighted by Crippen LogP contribution is 2.20. The fourth-order valence-corrected chi connectivity index (χ4v) is 1.75. The molecule has 1 fully saturated rings. The van der Waals surface area contributed by atoms with Crippen LogP contribution in [0.2, 0.25) is 0 Å². The van der Waals surface area contributed by atoms with Crippen LogP contribution in [0, 0.1) is 5.92 Å². The molecule has 1 aliphatic rings. The minimum atomic E-state index is 0.799. The van der Waals surface area contributed by atoms with Crippen LogP contribution in [0.25, 0.3) is 0 Å². The van der Waals surface area contributed by atoms with Crippen LogP contribution in [0.1, 0.15) is 25.7 Å². The zero-order valence-corrected chi connectivity index (χ0v) is 7.54. The number of carbonyl (C=O) groups excluding carboxylic acids is 1. The van der Waals surface area contributed by atoms with Crippen molar-refractivity contribution in [2.24, 2.45) is 11.7 Å². The van der Waals surface area contributed by atoms with Crippen molar-refractivity contribution in [3.63, 3.8) is 0 Å². The highest BCUT2D eigenvalue weighted by Gasteiger charge is 2.16. The van der Waals surface area contributed by atoms with Gasteiger partial charge in [0.1, 0.15) is 0 Å². The number of nitrogens with zero attached hydrogens (tertiary/aromatic N) is 1. The van der Waals surface area contributed by atoms with E-state index in [9.17, 15) is 4.79 Å². The standard InChI is InChI=1S/C9H18N2O/c10-5-1-2-9-3-6-11(8-12)7-4-9/h8-9H,1-7,10H2. The summed E-state index contributed by atoms with van der Waals surface area (Å²) in [6, 6.07) is 0. The average Bonchev–Trinajstić information content (AvgIpc) is 2.15. The Morgan fingerprint density at radius 3 is 2.58 bits per heavy atom. The zero-order chi connectivity index (χ0) is 8.81. The summed E-state index contributed by atoms with van der Waals surface area (Å²) in [5, 5.41) is 0. The molecule has 0 radical (unpaired) electrons. The van der Waals surface area contributed by atoms with Crippen molar-refractivity contribution in [2.45, 2.75) is 25.7 Å². The summed E-state index contributed by atoms with van der Waals surface area (Å²) in [5.41, 5.74) is 5.43. The van der Waals surface area contributed by atoms with E-state index in [2.05, 4.69) is 0 Å². The van der Waals surface area contributed by atoms with Crippen molar-refractivity contribution in [2.75, 3.05) is 19.6 Å². The van der Waals surface area contributed by atoms with E-state index < -0.39 is 0 Å². The van der Waals surface area contributed by atoms with Gasteiger partial charge in [0.25, 0.3) is 0 Å². The average molecular weight is 170 g/mol. The molecule has 1 saturated heterocycles. The Hall–Kier alpha value is -0.570. The molecule has 1 amide bonds. The van der Waals surface area contributed by atoms with Crippen molar-refractivity contribution in [3.8, 4) is 0 Å². The first-order valence-corrected chi connectivity index (χ1v) is 4.76. The van der Waals surface area contributed by atoms with Crippen LogP contribution in [0.15, 0.2) is 0 Å². The molecule has 0 bridgehead atoms. The Bertz CT molecular complexity index is 130. The molecule has 0 unspecified atom stereocenters. The van der Waals surface area contributed by atoms with Gasteiger partial charge in [0.15, 0.2) is 0 Å². The second kappa shape index (κ2) is 5.14. The number of likely N-dealkylation sites (tertiary alicyclic amines) is 1. The lowest BCUT2D eigenvalue weighted by Gasteiger charge is -2.28. The summed E-state index contributed by atoms with van der Waals surface area (Å²) in [5.74, 6) is 0.810. The smallest absolute Gasteiger partial charge is 0.209 e. The van der Waals surface area contributed by atoms with Gasteiger partial charge in [0.05, 0.1) is 0 Å². The van der Waals surface area contributed by atoms with Gasteiger partial charge in [-0.1, -0.05) is 0 Å². The molecular weight excluding hydrogens is 152 g/mol. The maximum Gasteiger partial charge on any atom is 0.209 e. The lowest BCUT2D eigenvalue weighted by atomic mass is 9.92. The summed E-state index contributed by atoms with van der Waals surface area (Å²) in [7, 11) is 0. The molecule has 3 heteroatoms. The predicted octanol–water partition coefficient (Wildman–Crippen LogP) is 0.594. The number of hydrogen-bond acceptors (Lipinski definition) is 2. The fourth-order valence-electron chi connectivity index (χ4n) is 1.75. The lowest BCUT2D eigenvalue weighted by Crippen LogP contribution is -2.32. The van der Waals surface area contributed by atoms with E-state index >= 15 is 0 Å². The van der Waals surface area contributed by atoms with E-state index in [-0.39, 0.29) is 0 Å². The summed E-state index contributed by atoms with van der Waals surface area (Å²) < 4.78 is 0. The molecule has 3 nitrogen and oxygen atoms in total. The number of nitrogens with two attached hydrogens (primary N) is 1. The molecule has 1 heterocycles. The highest BCUT2D eigenvalue weighted by molar-refractivity contribution is 5.47. The van der Waals surface area contributed by atoms with Crippen LogP contribution < -0.4 is 5.73 Å². The Kier molecular flexibility index (Phi) is 4.08. The molecule has 0 aromatic carbocycles. The number of piperidine rings is 1. The Balaban J connectivity index is 2.12. The van der Waals surface area contributed by atoms with Crippen LogP contribution in [-0.4, -0.2) is 30.9 Å². The fraction of sp³-hybridized carbons (Fsp3) is 0.889. The van der Waals surface area contributed by atoms with Gasteiger partial charge < -0.3 is 10.6 Å². The predicted molar refractivity (Wildman–Crippen MR) is 48.6 cm³/mol. The number of rotatable bonds is 4. The molecule has 1 rings (SSSR count). The molecule has 1 aliphatic heterocycles. The first-order valence-electron chi connectivity index (χ1n) is 4.76. The Morgan fingerprint density at radius 1 is 1.42 bits per heavy atom. The third-order valence-electron chi connectivity index (χ3n) is 2.61. The van der Waals surface area contributed by atoms with Gasteiger partial charge in [-0.2, -0.15) is 0 Å². The van der Waals surface area contributed by atoms with Crippen LogP contribution >= 0.6 is 0 Å². The van der Waals surface area contributed by atoms with Crippen molar-refractivity contribution in [1.82, 2.24) is 4.90 Å². The molecule has 0 aromatic heterocycles. The maximum absolute atomic E-state index is 10.4. The van der Waals surface area contributed by atoms with E-state index in [0.29, 0.717) is 0 Å². The largest absolute Gasteiger partial charge is 0.345 e. The van der Waals surface area contributed by atoms with Gasteiger partial charge in [0, 0.05) is 13.1 Å². The molecular formula is C9H18N2O. The van der Waals surface area contributed by atoms with E-state index in [1.165, 1.54) is 19.3 Å². The molecule has 2 N–H and O–H groups in total. The molecule has 70 valence electrons. The van der Waals surface area contributed by atoms with Crippen molar-refractivity contribution in [3.05, 3.63) is 0 Å². The van der Waals surface area contributed by atoms with Gasteiger partial charge in [-0.3, -0.25) is 4.79 Å². The molecule has 0 aliphatic carbocycles. The monoisotopic (exact) mass is 170 g/mol. The van der Waals surface area contributed by atoms with Crippen molar-refractivity contribution >= 4 is 6.41 Å². The van der Waals surface area contributed by atoms with Crippen molar-refractivity contribution < 1.29 is 4.79 Å². The van der Waals surface area contributed by atoms with E-state index in [0.717, 1.165) is 38.4 Å². The Labute approximate surface area is 73.9 Å². The van der Waals surface area contributed by atoms with Gasteiger partial charge in [0.2, 0.25) is 6.41 Å². The van der Waals surface area contributed by atoms with Gasteiger partial charge in [-0.15, -0.1) is 0 Å². The Morgan fingerprint density at radius 2 is 2.08 bits per heavy atom. The van der Waals surface area contributed by atoms with Crippen LogP contribution in [0.3, 0.4) is 0 Å².